The molecule has 20 heavy (non-hydrogen) atoms. The Morgan fingerprint density at radius 1 is 0.900 bits per heavy atom. The number of nitrogens with two attached hydrogens (primary N) is 2. The van der Waals surface area contributed by atoms with Crippen LogP contribution in [0.2, 0.25) is 0 Å². The van der Waals surface area contributed by atoms with Crippen molar-refractivity contribution in [3.05, 3.63) is 60.7 Å². The van der Waals surface area contributed by atoms with E-state index in [4.69, 9.17) is 23.1 Å². The number of para-hydroxylation sites is 2. The molecule has 0 aliphatic rings. The number of aldehydes is 1. The van der Waals surface area contributed by atoms with Crippen molar-refractivity contribution in [3.8, 4) is 0 Å². The maximum Gasteiger partial charge on any atom is 0.137 e. The van der Waals surface area contributed by atoms with E-state index < -0.39 is 0 Å². The quantitative estimate of drug-likeness (QED) is 0.478. The van der Waals surface area contributed by atoms with Gasteiger partial charge in [-0.2, -0.15) is 0 Å². The number of rotatable bonds is 1. The minimum Gasteiger partial charge on any atom is -0.399 e. The van der Waals surface area contributed by atoms with Crippen LogP contribution < -0.4 is 11.5 Å². The van der Waals surface area contributed by atoms with Crippen molar-refractivity contribution < 1.29 is 4.79 Å². The molecule has 0 aliphatic heterocycles. The van der Waals surface area contributed by atoms with Gasteiger partial charge in [-0.05, 0) is 31.2 Å². The van der Waals surface area contributed by atoms with Crippen molar-refractivity contribution in [2.75, 3.05) is 11.5 Å². The molecule has 1 atom stereocenters. The second-order valence-corrected chi connectivity index (χ2v) is 4.32. The normalized spacial score (nSPS) is 9.50. The Bertz CT molecular complexity index is 399. The molecule has 2 rings (SSSR count). The van der Waals surface area contributed by atoms with E-state index in [0.717, 1.165) is 11.4 Å². The number of hydrogen-bond donors (Lipinski definition) is 2. The standard InChI is InChI=1S/2C6H7N.C3H5ClO.ClH/c2*7-6-4-2-1-3-5-6;1-3(4)2-5;/h2*1-5H,7H2;2-3H,1H3;1H. The van der Waals surface area contributed by atoms with Crippen molar-refractivity contribution in [2.45, 2.75) is 12.3 Å². The number of benzene rings is 2. The van der Waals surface area contributed by atoms with E-state index in [0.29, 0.717) is 6.29 Å². The zero-order valence-electron chi connectivity index (χ0n) is 11.3. The van der Waals surface area contributed by atoms with E-state index in [2.05, 4.69) is 0 Å². The average molecular weight is 315 g/mol. The molecule has 0 spiro atoms. The summed E-state index contributed by atoms with van der Waals surface area (Å²) in [5.74, 6) is 0. The van der Waals surface area contributed by atoms with Gasteiger partial charge in [0.1, 0.15) is 6.29 Å². The Labute approximate surface area is 131 Å². The van der Waals surface area contributed by atoms with Gasteiger partial charge in [-0.3, -0.25) is 0 Å². The third-order valence-electron chi connectivity index (χ3n) is 1.79. The molecular formula is C15H20Cl2N2O. The largest absolute Gasteiger partial charge is 0.399 e. The first-order valence-corrected chi connectivity index (χ1v) is 6.20. The van der Waals surface area contributed by atoms with Gasteiger partial charge in [0.15, 0.2) is 0 Å². The molecule has 4 N–H and O–H groups in total. The molecular weight excluding hydrogens is 295 g/mol. The fourth-order valence-electron chi connectivity index (χ4n) is 0.906. The zero-order chi connectivity index (χ0) is 14.5. The second kappa shape index (κ2) is 13.7. The summed E-state index contributed by atoms with van der Waals surface area (Å²) in [6.07, 6.45) is 0.682. The van der Waals surface area contributed by atoms with Crippen LogP contribution in [-0.2, 0) is 4.79 Å². The van der Waals surface area contributed by atoms with Crippen LogP contribution in [-0.4, -0.2) is 11.7 Å². The van der Waals surface area contributed by atoms with Gasteiger partial charge in [0, 0.05) is 11.4 Å². The van der Waals surface area contributed by atoms with E-state index in [9.17, 15) is 4.79 Å². The molecule has 3 nitrogen and oxygen atoms in total. The minimum atomic E-state index is -0.324. The lowest BCUT2D eigenvalue weighted by Gasteiger charge is -1.83. The number of halogens is 2. The maximum absolute atomic E-state index is 9.37. The first kappa shape index (κ1) is 20.6. The fourth-order valence-corrected chi connectivity index (χ4v) is 0.906. The Morgan fingerprint density at radius 3 is 1.25 bits per heavy atom. The molecule has 0 radical (unpaired) electrons. The van der Waals surface area contributed by atoms with Crippen LogP contribution in [0.25, 0.3) is 0 Å². The summed E-state index contributed by atoms with van der Waals surface area (Å²) in [4.78, 5) is 9.37. The van der Waals surface area contributed by atoms with E-state index in [1.54, 1.807) is 6.92 Å². The van der Waals surface area contributed by atoms with Crippen LogP contribution in [0.15, 0.2) is 60.7 Å². The predicted octanol–water partition coefficient (Wildman–Crippen LogP) is 3.77. The van der Waals surface area contributed by atoms with E-state index in [-0.39, 0.29) is 17.8 Å². The summed E-state index contributed by atoms with van der Waals surface area (Å²) in [7, 11) is 0. The number of hydrogen-bond acceptors (Lipinski definition) is 3. The van der Waals surface area contributed by atoms with Gasteiger partial charge in [-0.15, -0.1) is 24.0 Å². The summed E-state index contributed by atoms with van der Waals surface area (Å²) < 4.78 is 0. The Balaban J connectivity index is 0. The van der Waals surface area contributed by atoms with Gasteiger partial charge in [-0.25, -0.2) is 0 Å². The molecule has 0 fully saturated rings. The third kappa shape index (κ3) is 14.4. The minimum absolute atomic E-state index is 0. The van der Waals surface area contributed by atoms with Crippen LogP contribution in [0.1, 0.15) is 6.92 Å². The number of carbonyl (C=O) groups excluding carboxylic acids is 1. The number of carbonyl (C=O) groups is 1. The second-order valence-electron chi connectivity index (χ2n) is 3.63. The predicted molar refractivity (Wildman–Crippen MR) is 90.3 cm³/mol. The van der Waals surface area contributed by atoms with E-state index in [1.165, 1.54) is 0 Å². The van der Waals surface area contributed by atoms with Crippen molar-refractivity contribution in [2.24, 2.45) is 0 Å². The fraction of sp³-hybridized carbons (Fsp3) is 0.133. The summed E-state index contributed by atoms with van der Waals surface area (Å²) in [5, 5.41) is -0.324. The van der Waals surface area contributed by atoms with Crippen LogP contribution in [0, 0.1) is 0 Å². The SMILES string of the molecule is CC(Cl)C=O.Cl.Nc1ccccc1.Nc1ccccc1. The molecule has 1 unspecified atom stereocenters. The van der Waals surface area contributed by atoms with Crippen LogP contribution in [0.4, 0.5) is 11.4 Å². The van der Waals surface area contributed by atoms with Crippen LogP contribution >= 0.6 is 24.0 Å². The number of anilines is 2. The average Bonchev–Trinajstić information content (AvgIpc) is 2.42. The summed E-state index contributed by atoms with van der Waals surface area (Å²) in [6.45, 7) is 1.62. The van der Waals surface area contributed by atoms with Gasteiger partial charge in [0.2, 0.25) is 0 Å². The molecule has 0 aromatic heterocycles. The van der Waals surface area contributed by atoms with Gasteiger partial charge in [-0.1, -0.05) is 36.4 Å². The molecule has 110 valence electrons. The molecule has 0 heterocycles. The molecule has 5 heteroatoms. The topological polar surface area (TPSA) is 69.1 Å². The maximum atomic E-state index is 9.37. The molecule has 0 amide bonds. The van der Waals surface area contributed by atoms with Gasteiger partial charge < -0.3 is 16.3 Å². The summed E-state index contributed by atoms with van der Waals surface area (Å²) >= 11 is 5.09. The monoisotopic (exact) mass is 314 g/mol. The van der Waals surface area contributed by atoms with Gasteiger partial charge in [0.25, 0.3) is 0 Å². The van der Waals surface area contributed by atoms with Crippen molar-refractivity contribution in [1.82, 2.24) is 0 Å². The van der Waals surface area contributed by atoms with Crippen molar-refractivity contribution >= 4 is 41.7 Å². The summed E-state index contributed by atoms with van der Waals surface area (Å²) in [6, 6.07) is 19.0. The Kier molecular flexibility index (Phi) is 14.1. The van der Waals surface area contributed by atoms with Crippen molar-refractivity contribution in [1.29, 1.82) is 0 Å². The highest BCUT2D eigenvalue weighted by Crippen LogP contribution is 1.96. The van der Waals surface area contributed by atoms with Gasteiger partial charge in [0.05, 0.1) is 5.38 Å². The highest BCUT2D eigenvalue weighted by molar-refractivity contribution is 6.27. The lowest BCUT2D eigenvalue weighted by atomic mass is 10.3. The number of alkyl halides is 1. The van der Waals surface area contributed by atoms with E-state index in [1.807, 2.05) is 60.7 Å². The first-order valence-electron chi connectivity index (χ1n) is 5.76. The molecule has 2 aromatic rings. The van der Waals surface area contributed by atoms with Crippen molar-refractivity contribution in [3.63, 3.8) is 0 Å². The van der Waals surface area contributed by atoms with Gasteiger partial charge >= 0.3 is 0 Å². The number of nitrogen functional groups attached to an aromatic ring is 2. The lowest BCUT2D eigenvalue weighted by molar-refractivity contribution is -0.107. The Hall–Kier alpha value is -1.71. The highest BCUT2D eigenvalue weighted by Gasteiger charge is 1.83. The molecule has 0 saturated heterocycles. The van der Waals surface area contributed by atoms with Crippen LogP contribution in [0.5, 0.6) is 0 Å². The summed E-state index contributed by atoms with van der Waals surface area (Å²) in [5.41, 5.74) is 12.4. The van der Waals surface area contributed by atoms with Crippen LogP contribution in [0.3, 0.4) is 0 Å². The zero-order valence-corrected chi connectivity index (χ0v) is 12.8. The molecule has 0 saturated carbocycles. The van der Waals surface area contributed by atoms with E-state index >= 15 is 0 Å². The third-order valence-corrected chi connectivity index (χ3v) is 1.89. The smallest absolute Gasteiger partial charge is 0.137 e. The Morgan fingerprint density at radius 2 is 1.15 bits per heavy atom. The first-order chi connectivity index (χ1) is 9.06. The molecule has 0 aliphatic carbocycles. The molecule has 2 aromatic carbocycles. The lowest BCUT2D eigenvalue weighted by Crippen LogP contribution is -1.86. The molecule has 0 bridgehead atoms. The highest BCUT2D eigenvalue weighted by atomic mass is 35.5.